The fraction of sp³-hybridized carbons (Fsp3) is 0.625. The molecule has 0 radical (unpaired) electrons. The smallest absolute Gasteiger partial charge is 0.103 e. The van der Waals surface area contributed by atoms with E-state index in [1.807, 2.05) is 0 Å². The first-order valence-electron chi connectivity index (χ1n) is 7.13. The molecule has 2 aliphatic heterocycles. The number of likely N-dealkylation sites (N-methyl/N-ethyl adjacent to an activating group) is 1. The topological polar surface area (TPSA) is 0 Å². The van der Waals surface area contributed by atoms with Crippen LogP contribution in [0.3, 0.4) is 0 Å². The molecule has 2 atom stereocenters. The normalized spacial score (nSPS) is 36.8. The maximum Gasteiger partial charge on any atom is 0.103 e. The molecule has 0 bridgehead atoms. The van der Waals surface area contributed by atoms with Gasteiger partial charge in [0.2, 0.25) is 0 Å². The summed E-state index contributed by atoms with van der Waals surface area (Å²) in [5.74, 6) is 0. The third-order valence-corrected chi connectivity index (χ3v) is 5.36. The number of hydrogen-bond donors (Lipinski definition) is 0. The van der Waals surface area contributed by atoms with Gasteiger partial charge in [-0.25, -0.2) is 0 Å². The Morgan fingerprint density at radius 1 is 1.00 bits per heavy atom. The fourth-order valence-electron chi connectivity index (χ4n) is 4.27. The second-order valence-corrected chi connectivity index (χ2v) is 6.29. The second-order valence-electron chi connectivity index (χ2n) is 6.29. The van der Waals surface area contributed by atoms with E-state index in [0.717, 1.165) is 0 Å². The molecule has 1 heteroatoms. The Kier molecular flexibility index (Phi) is 2.74. The molecular weight excluding hydrogens is 206 g/mol. The summed E-state index contributed by atoms with van der Waals surface area (Å²) in [6.07, 6.45) is 8.50. The van der Waals surface area contributed by atoms with Crippen molar-refractivity contribution in [3.05, 3.63) is 35.9 Å². The van der Waals surface area contributed by atoms with E-state index in [2.05, 4.69) is 37.4 Å². The van der Waals surface area contributed by atoms with E-state index in [4.69, 9.17) is 0 Å². The van der Waals surface area contributed by atoms with Crippen molar-refractivity contribution in [2.45, 2.75) is 44.1 Å². The SMILES string of the molecule is C[N+]12CCCCC1(Cc1ccccc1)CCC2. The van der Waals surface area contributed by atoms with Crippen LogP contribution >= 0.6 is 0 Å². The molecule has 2 fully saturated rings. The van der Waals surface area contributed by atoms with Crippen LogP contribution in [0.4, 0.5) is 0 Å². The molecule has 0 spiro atoms. The van der Waals surface area contributed by atoms with E-state index in [9.17, 15) is 0 Å². The van der Waals surface area contributed by atoms with Crippen LogP contribution in [0, 0.1) is 0 Å². The molecule has 0 saturated carbocycles. The van der Waals surface area contributed by atoms with E-state index < -0.39 is 0 Å². The van der Waals surface area contributed by atoms with Crippen molar-refractivity contribution < 1.29 is 4.48 Å². The Morgan fingerprint density at radius 3 is 2.53 bits per heavy atom. The number of hydrogen-bond acceptors (Lipinski definition) is 0. The first-order chi connectivity index (χ1) is 8.24. The zero-order chi connectivity index (χ0) is 11.8. The average Bonchev–Trinajstić information content (AvgIpc) is 2.67. The molecule has 1 aromatic carbocycles. The van der Waals surface area contributed by atoms with Gasteiger partial charge in [-0.1, -0.05) is 30.3 Å². The van der Waals surface area contributed by atoms with Crippen molar-refractivity contribution in [2.75, 3.05) is 20.1 Å². The summed E-state index contributed by atoms with van der Waals surface area (Å²) < 4.78 is 1.35. The molecule has 2 unspecified atom stereocenters. The van der Waals surface area contributed by atoms with Crippen molar-refractivity contribution in [2.24, 2.45) is 0 Å². The largest absolute Gasteiger partial charge is 0.321 e. The number of piperidine rings is 1. The molecule has 2 saturated heterocycles. The van der Waals surface area contributed by atoms with Gasteiger partial charge in [0.25, 0.3) is 0 Å². The van der Waals surface area contributed by atoms with Crippen LogP contribution in [0.15, 0.2) is 30.3 Å². The highest BCUT2D eigenvalue weighted by molar-refractivity contribution is 5.17. The van der Waals surface area contributed by atoms with Gasteiger partial charge in [-0.3, -0.25) is 0 Å². The van der Waals surface area contributed by atoms with Crippen LogP contribution in [-0.4, -0.2) is 30.2 Å². The summed E-state index contributed by atoms with van der Waals surface area (Å²) in [6, 6.07) is 11.1. The monoisotopic (exact) mass is 230 g/mol. The highest BCUT2D eigenvalue weighted by atomic mass is 15.4. The molecule has 1 aromatic rings. The van der Waals surface area contributed by atoms with Gasteiger partial charge < -0.3 is 4.48 Å². The first kappa shape index (κ1) is 11.3. The molecule has 1 nitrogen and oxygen atoms in total. The van der Waals surface area contributed by atoms with Crippen LogP contribution in [0.5, 0.6) is 0 Å². The van der Waals surface area contributed by atoms with E-state index in [1.54, 1.807) is 5.56 Å². The van der Waals surface area contributed by atoms with Gasteiger partial charge in [-0.15, -0.1) is 0 Å². The Balaban J connectivity index is 1.88. The standard InChI is InChI=1S/C16H24N/c1-17-12-6-5-10-16(17,11-7-13-17)14-15-8-3-2-4-9-15/h2-4,8-9H,5-7,10-14H2,1H3/q+1. The summed E-state index contributed by atoms with van der Waals surface area (Å²) in [4.78, 5) is 0. The molecule has 0 N–H and O–H groups in total. The lowest BCUT2D eigenvalue weighted by Crippen LogP contribution is -2.61. The Bertz CT molecular complexity index is 386. The number of benzene rings is 1. The zero-order valence-electron chi connectivity index (χ0n) is 11.0. The van der Waals surface area contributed by atoms with E-state index in [1.165, 1.54) is 56.1 Å². The lowest BCUT2D eigenvalue weighted by Gasteiger charge is -2.50. The molecule has 3 rings (SSSR count). The van der Waals surface area contributed by atoms with Gasteiger partial charge in [0, 0.05) is 25.7 Å². The van der Waals surface area contributed by atoms with Crippen molar-refractivity contribution in [3.63, 3.8) is 0 Å². The Morgan fingerprint density at radius 2 is 1.71 bits per heavy atom. The van der Waals surface area contributed by atoms with Crippen LogP contribution in [0.1, 0.15) is 37.7 Å². The molecule has 0 aromatic heterocycles. The minimum Gasteiger partial charge on any atom is -0.321 e. The maximum absolute atomic E-state index is 2.51. The number of nitrogens with zero attached hydrogens (tertiary/aromatic N) is 1. The van der Waals surface area contributed by atoms with Gasteiger partial charge in [0.05, 0.1) is 20.1 Å². The molecule has 2 heterocycles. The lowest BCUT2D eigenvalue weighted by atomic mass is 9.79. The minimum absolute atomic E-state index is 0.569. The summed E-state index contributed by atoms with van der Waals surface area (Å²) in [5.41, 5.74) is 2.11. The summed E-state index contributed by atoms with van der Waals surface area (Å²) in [5, 5.41) is 0. The van der Waals surface area contributed by atoms with Gasteiger partial charge in [-0.05, 0) is 18.4 Å². The van der Waals surface area contributed by atoms with E-state index in [0.29, 0.717) is 5.54 Å². The summed E-state index contributed by atoms with van der Waals surface area (Å²) in [7, 11) is 2.51. The van der Waals surface area contributed by atoms with Gasteiger partial charge in [0.15, 0.2) is 0 Å². The maximum atomic E-state index is 2.51. The third-order valence-electron chi connectivity index (χ3n) is 5.36. The lowest BCUT2D eigenvalue weighted by molar-refractivity contribution is -0.951. The Labute approximate surface area is 105 Å². The van der Waals surface area contributed by atoms with Crippen molar-refractivity contribution in [1.29, 1.82) is 0 Å². The van der Waals surface area contributed by atoms with Crippen LogP contribution in [0.25, 0.3) is 0 Å². The van der Waals surface area contributed by atoms with Crippen molar-refractivity contribution >= 4 is 0 Å². The predicted octanol–water partition coefficient (Wildman–Crippen LogP) is 3.39. The zero-order valence-corrected chi connectivity index (χ0v) is 11.0. The molecule has 2 aliphatic rings. The van der Waals surface area contributed by atoms with Gasteiger partial charge in [-0.2, -0.15) is 0 Å². The van der Waals surface area contributed by atoms with Gasteiger partial charge >= 0.3 is 0 Å². The van der Waals surface area contributed by atoms with E-state index in [-0.39, 0.29) is 0 Å². The number of fused-ring (bicyclic) bond motifs is 1. The number of quaternary nitrogens is 1. The highest BCUT2D eigenvalue weighted by Crippen LogP contribution is 2.45. The summed E-state index contributed by atoms with van der Waals surface area (Å²) in [6.45, 7) is 2.82. The van der Waals surface area contributed by atoms with E-state index >= 15 is 0 Å². The minimum atomic E-state index is 0.569. The molecule has 92 valence electrons. The molecule has 0 aliphatic carbocycles. The highest BCUT2D eigenvalue weighted by Gasteiger charge is 2.52. The first-order valence-corrected chi connectivity index (χ1v) is 7.13. The molecular formula is C16H24N+. The third kappa shape index (κ3) is 1.81. The molecule has 0 amide bonds. The van der Waals surface area contributed by atoms with Crippen LogP contribution < -0.4 is 0 Å². The average molecular weight is 230 g/mol. The van der Waals surface area contributed by atoms with Crippen molar-refractivity contribution in [1.82, 2.24) is 0 Å². The van der Waals surface area contributed by atoms with Crippen molar-refractivity contribution in [3.8, 4) is 0 Å². The molecule has 17 heavy (non-hydrogen) atoms. The Hall–Kier alpha value is -0.820. The summed E-state index contributed by atoms with van der Waals surface area (Å²) >= 11 is 0. The predicted molar refractivity (Wildman–Crippen MR) is 71.9 cm³/mol. The number of rotatable bonds is 2. The van der Waals surface area contributed by atoms with Gasteiger partial charge in [0.1, 0.15) is 5.54 Å². The fourth-order valence-corrected chi connectivity index (χ4v) is 4.27. The second kappa shape index (κ2) is 4.13. The quantitative estimate of drug-likeness (QED) is 0.683. The van der Waals surface area contributed by atoms with Crippen LogP contribution in [0.2, 0.25) is 0 Å². The van der Waals surface area contributed by atoms with Crippen LogP contribution in [-0.2, 0) is 6.42 Å².